The average molecular weight is 188 g/mol. The topological polar surface area (TPSA) is 41.1 Å². The van der Waals surface area contributed by atoms with Gasteiger partial charge in [0, 0.05) is 18.2 Å². The Labute approximate surface area is 82.5 Å². The van der Waals surface area contributed by atoms with Crippen molar-refractivity contribution in [2.45, 2.75) is 18.9 Å². The highest BCUT2D eigenvalue weighted by molar-refractivity contribution is 5.95. The number of hydrogen-bond acceptors (Lipinski definition) is 2. The molecular weight excluding hydrogens is 176 g/mol. The summed E-state index contributed by atoms with van der Waals surface area (Å²) in [4.78, 5) is 11.4. The molecule has 1 aromatic rings. The van der Waals surface area contributed by atoms with Crippen LogP contribution in [0, 0.1) is 0 Å². The van der Waals surface area contributed by atoms with E-state index in [0.29, 0.717) is 6.42 Å². The Kier molecular flexibility index (Phi) is 1.61. The number of anilines is 1. The molecule has 14 heavy (non-hydrogen) atoms. The molecule has 2 N–H and O–H groups in total. The summed E-state index contributed by atoms with van der Waals surface area (Å²) in [6, 6.07) is 6.39. The van der Waals surface area contributed by atoms with Crippen molar-refractivity contribution in [2.75, 3.05) is 11.9 Å². The number of amides is 1. The lowest BCUT2D eigenvalue weighted by molar-refractivity contribution is -0.117. The fourth-order valence-electron chi connectivity index (χ4n) is 2.40. The molecular formula is C11H12N2O. The van der Waals surface area contributed by atoms with Crippen molar-refractivity contribution in [3.8, 4) is 0 Å². The van der Waals surface area contributed by atoms with Crippen molar-refractivity contribution in [3.05, 3.63) is 29.3 Å². The van der Waals surface area contributed by atoms with E-state index >= 15 is 0 Å². The number of carbonyl (C=O) groups is 1. The monoisotopic (exact) mass is 188 g/mol. The van der Waals surface area contributed by atoms with Gasteiger partial charge in [0.15, 0.2) is 0 Å². The Hall–Kier alpha value is -1.35. The van der Waals surface area contributed by atoms with E-state index in [4.69, 9.17) is 0 Å². The SMILES string of the molecule is O=C1C[C@@H]2NCCc3cccc(c32)N1. The first kappa shape index (κ1) is 8.00. The Morgan fingerprint density at radius 2 is 2.29 bits per heavy atom. The van der Waals surface area contributed by atoms with Gasteiger partial charge in [-0.1, -0.05) is 12.1 Å². The number of benzene rings is 1. The molecule has 1 aromatic carbocycles. The van der Waals surface area contributed by atoms with Crippen LogP contribution in [-0.2, 0) is 11.2 Å². The summed E-state index contributed by atoms with van der Waals surface area (Å²) in [5.74, 6) is 0.119. The van der Waals surface area contributed by atoms with E-state index in [1.165, 1.54) is 11.1 Å². The first-order valence-electron chi connectivity index (χ1n) is 4.99. The highest BCUT2D eigenvalue weighted by Gasteiger charge is 2.29. The second-order valence-corrected chi connectivity index (χ2v) is 3.89. The number of rotatable bonds is 0. The lowest BCUT2D eigenvalue weighted by Crippen LogP contribution is -2.36. The van der Waals surface area contributed by atoms with E-state index < -0.39 is 0 Å². The number of carbonyl (C=O) groups excluding carboxylic acids is 1. The normalized spacial score (nSPS) is 24.0. The van der Waals surface area contributed by atoms with Crippen molar-refractivity contribution in [1.82, 2.24) is 5.32 Å². The van der Waals surface area contributed by atoms with Crippen LogP contribution >= 0.6 is 0 Å². The number of nitrogens with one attached hydrogen (secondary N) is 2. The average Bonchev–Trinajstić information content (AvgIpc) is 2.18. The first-order valence-corrected chi connectivity index (χ1v) is 4.99. The van der Waals surface area contributed by atoms with E-state index in [-0.39, 0.29) is 11.9 Å². The summed E-state index contributed by atoms with van der Waals surface area (Å²) in [6.07, 6.45) is 1.64. The smallest absolute Gasteiger partial charge is 0.226 e. The van der Waals surface area contributed by atoms with Crippen LogP contribution < -0.4 is 10.6 Å². The minimum absolute atomic E-state index is 0.119. The van der Waals surface area contributed by atoms with E-state index in [9.17, 15) is 4.79 Å². The Balaban J connectivity index is 2.18. The maximum Gasteiger partial charge on any atom is 0.226 e. The van der Waals surface area contributed by atoms with Crippen LogP contribution in [0.5, 0.6) is 0 Å². The number of hydrogen-bond donors (Lipinski definition) is 2. The molecule has 0 saturated carbocycles. The molecule has 1 amide bonds. The molecule has 2 heterocycles. The van der Waals surface area contributed by atoms with Gasteiger partial charge in [-0.2, -0.15) is 0 Å². The Morgan fingerprint density at radius 1 is 1.36 bits per heavy atom. The Bertz CT molecular complexity index is 400. The third-order valence-electron chi connectivity index (χ3n) is 2.99. The van der Waals surface area contributed by atoms with Gasteiger partial charge in [-0.05, 0) is 30.2 Å². The quantitative estimate of drug-likeness (QED) is 0.642. The Morgan fingerprint density at radius 3 is 3.21 bits per heavy atom. The molecule has 0 fully saturated rings. The zero-order valence-electron chi connectivity index (χ0n) is 7.84. The molecule has 0 bridgehead atoms. The van der Waals surface area contributed by atoms with Crippen molar-refractivity contribution in [2.24, 2.45) is 0 Å². The highest BCUT2D eigenvalue weighted by atomic mass is 16.1. The van der Waals surface area contributed by atoms with E-state index in [1.807, 2.05) is 12.1 Å². The molecule has 0 unspecified atom stereocenters. The predicted molar refractivity (Wildman–Crippen MR) is 54.1 cm³/mol. The van der Waals surface area contributed by atoms with Gasteiger partial charge in [-0.25, -0.2) is 0 Å². The van der Waals surface area contributed by atoms with Crippen molar-refractivity contribution in [3.63, 3.8) is 0 Å². The van der Waals surface area contributed by atoms with Gasteiger partial charge in [0.1, 0.15) is 0 Å². The van der Waals surface area contributed by atoms with Crippen molar-refractivity contribution < 1.29 is 4.79 Å². The molecule has 3 rings (SSSR count). The maximum absolute atomic E-state index is 11.4. The molecule has 0 radical (unpaired) electrons. The standard InChI is InChI=1S/C11H12N2O/c14-10-6-9-11-7(4-5-12-9)2-1-3-8(11)13-10/h1-3,9,12H,4-6H2,(H,13,14)/t9-/m0/s1. The van der Waals surface area contributed by atoms with Gasteiger partial charge in [0.2, 0.25) is 5.91 Å². The summed E-state index contributed by atoms with van der Waals surface area (Å²) >= 11 is 0. The zero-order valence-corrected chi connectivity index (χ0v) is 7.84. The molecule has 0 saturated heterocycles. The molecule has 0 aliphatic carbocycles. The molecule has 72 valence electrons. The lowest BCUT2D eigenvalue weighted by Gasteiger charge is -2.32. The van der Waals surface area contributed by atoms with Crippen molar-refractivity contribution in [1.29, 1.82) is 0 Å². The molecule has 3 nitrogen and oxygen atoms in total. The molecule has 1 atom stereocenters. The van der Waals surface area contributed by atoms with Crippen LogP contribution in [0.1, 0.15) is 23.6 Å². The van der Waals surface area contributed by atoms with Gasteiger partial charge in [0.25, 0.3) is 0 Å². The molecule has 3 heteroatoms. The highest BCUT2D eigenvalue weighted by Crippen LogP contribution is 2.35. The molecule has 0 aromatic heterocycles. The van der Waals surface area contributed by atoms with Gasteiger partial charge >= 0.3 is 0 Å². The van der Waals surface area contributed by atoms with Crippen LogP contribution in [0.25, 0.3) is 0 Å². The minimum atomic E-state index is 0.119. The summed E-state index contributed by atoms with van der Waals surface area (Å²) < 4.78 is 0. The summed E-state index contributed by atoms with van der Waals surface area (Å²) in [5.41, 5.74) is 3.68. The van der Waals surface area contributed by atoms with Crippen LogP contribution in [0.15, 0.2) is 18.2 Å². The third-order valence-corrected chi connectivity index (χ3v) is 2.99. The third kappa shape index (κ3) is 1.06. The summed E-state index contributed by atoms with van der Waals surface area (Å²) in [7, 11) is 0. The van der Waals surface area contributed by atoms with Gasteiger partial charge in [0.05, 0.1) is 0 Å². The fourth-order valence-corrected chi connectivity index (χ4v) is 2.40. The van der Waals surface area contributed by atoms with Crippen LogP contribution in [0.4, 0.5) is 5.69 Å². The molecule has 2 aliphatic heterocycles. The van der Waals surface area contributed by atoms with Gasteiger partial charge in [-0.15, -0.1) is 0 Å². The first-order chi connectivity index (χ1) is 6.84. The zero-order chi connectivity index (χ0) is 9.54. The fraction of sp³-hybridized carbons (Fsp3) is 0.364. The van der Waals surface area contributed by atoms with E-state index in [1.54, 1.807) is 0 Å². The van der Waals surface area contributed by atoms with Crippen LogP contribution in [0.2, 0.25) is 0 Å². The summed E-state index contributed by atoms with van der Waals surface area (Å²) in [6.45, 7) is 0.981. The second-order valence-electron chi connectivity index (χ2n) is 3.89. The lowest BCUT2D eigenvalue weighted by atomic mass is 9.88. The molecule has 2 aliphatic rings. The summed E-state index contributed by atoms with van der Waals surface area (Å²) in [5, 5.41) is 6.31. The van der Waals surface area contributed by atoms with E-state index in [0.717, 1.165) is 18.7 Å². The maximum atomic E-state index is 11.4. The van der Waals surface area contributed by atoms with E-state index in [2.05, 4.69) is 16.7 Å². The van der Waals surface area contributed by atoms with Crippen LogP contribution in [0.3, 0.4) is 0 Å². The largest absolute Gasteiger partial charge is 0.326 e. The van der Waals surface area contributed by atoms with Gasteiger partial charge < -0.3 is 10.6 Å². The van der Waals surface area contributed by atoms with Crippen LogP contribution in [-0.4, -0.2) is 12.5 Å². The minimum Gasteiger partial charge on any atom is -0.326 e. The van der Waals surface area contributed by atoms with Crippen molar-refractivity contribution >= 4 is 11.6 Å². The molecule has 0 spiro atoms. The second kappa shape index (κ2) is 2.82. The van der Waals surface area contributed by atoms with Gasteiger partial charge in [-0.3, -0.25) is 4.79 Å². The predicted octanol–water partition coefficient (Wildman–Crippen LogP) is 1.22.